The molecule has 3 heteroatoms. The van der Waals surface area contributed by atoms with Crippen molar-refractivity contribution >= 4 is 39.0 Å². The first kappa shape index (κ1) is 15.3. The molecule has 2 heterocycles. The Morgan fingerprint density at radius 1 is 0.679 bits per heavy atom. The quantitative estimate of drug-likeness (QED) is 0.372. The average Bonchev–Trinajstić information content (AvgIpc) is 3.32. The van der Waals surface area contributed by atoms with Gasteiger partial charge in [0.15, 0.2) is 0 Å². The molecule has 134 valence electrons. The molecule has 1 aromatic heterocycles. The molecule has 0 bridgehead atoms. The number of furan rings is 1. The summed E-state index contributed by atoms with van der Waals surface area (Å²) in [6, 6.07) is 33.7. The van der Waals surface area contributed by atoms with E-state index in [1.165, 1.54) is 11.3 Å². The van der Waals surface area contributed by atoms with Gasteiger partial charge in [-0.05, 0) is 42.0 Å². The minimum atomic E-state index is 0.0115. The monoisotopic (exact) mass is 362 g/mol. The van der Waals surface area contributed by atoms with E-state index in [9.17, 15) is 0 Å². The van der Waals surface area contributed by atoms with E-state index in [0.29, 0.717) is 0 Å². The summed E-state index contributed by atoms with van der Waals surface area (Å²) in [4.78, 5) is 2.35. The molecule has 1 atom stereocenters. The first-order chi connectivity index (χ1) is 13.9. The Balaban J connectivity index is 1.52. The van der Waals surface area contributed by atoms with Gasteiger partial charge in [0.25, 0.3) is 0 Å². The Hall–Kier alpha value is -3.72. The summed E-state index contributed by atoms with van der Waals surface area (Å²) in [5.41, 5.74) is 6.51. The lowest BCUT2D eigenvalue weighted by Gasteiger charge is -2.27. The summed E-state index contributed by atoms with van der Waals surface area (Å²) in [5.74, 6) is 0. The maximum Gasteiger partial charge on any atom is 0.135 e. The van der Waals surface area contributed by atoms with Crippen molar-refractivity contribution in [2.24, 2.45) is 0 Å². The van der Waals surface area contributed by atoms with Crippen molar-refractivity contribution in [3.8, 4) is 0 Å². The molecule has 0 radical (unpaired) electrons. The lowest BCUT2D eigenvalue weighted by Crippen LogP contribution is -2.23. The van der Waals surface area contributed by atoms with Crippen LogP contribution in [0, 0.1) is 0 Å². The predicted molar refractivity (Wildman–Crippen MR) is 115 cm³/mol. The van der Waals surface area contributed by atoms with E-state index in [1.54, 1.807) is 0 Å². The zero-order valence-corrected chi connectivity index (χ0v) is 15.2. The minimum absolute atomic E-state index is 0.0115. The van der Waals surface area contributed by atoms with Crippen molar-refractivity contribution in [2.45, 2.75) is 6.17 Å². The standard InChI is InChI=1S/C25H18N2O/c1-2-8-18(9-3-1)27-22-12-6-5-11-21(22)26-25(27)17-14-15-20-19-10-4-7-13-23(19)28-24(20)16-17/h1-16,25-26H. The van der Waals surface area contributed by atoms with Crippen LogP contribution in [0.15, 0.2) is 101 Å². The zero-order chi connectivity index (χ0) is 18.5. The highest BCUT2D eigenvalue weighted by Gasteiger charge is 2.31. The van der Waals surface area contributed by atoms with E-state index in [2.05, 4.69) is 89.1 Å². The molecule has 4 aromatic carbocycles. The van der Waals surface area contributed by atoms with E-state index in [-0.39, 0.29) is 6.17 Å². The largest absolute Gasteiger partial charge is 0.456 e. The molecule has 0 saturated heterocycles. The molecule has 3 nitrogen and oxygen atoms in total. The Morgan fingerprint density at radius 3 is 2.36 bits per heavy atom. The molecule has 0 amide bonds. The third-order valence-corrected chi connectivity index (χ3v) is 5.47. The number of hydrogen-bond acceptors (Lipinski definition) is 3. The Bertz CT molecular complexity index is 1310. The molecule has 0 saturated carbocycles. The van der Waals surface area contributed by atoms with Gasteiger partial charge >= 0.3 is 0 Å². The molecule has 1 aliphatic rings. The van der Waals surface area contributed by atoms with Crippen LogP contribution in [0.3, 0.4) is 0 Å². The zero-order valence-electron chi connectivity index (χ0n) is 15.2. The summed E-state index contributed by atoms with van der Waals surface area (Å²) in [7, 11) is 0. The summed E-state index contributed by atoms with van der Waals surface area (Å²) >= 11 is 0. The second-order valence-corrected chi connectivity index (χ2v) is 7.12. The fourth-order valence-corrected chi connectivity index (χ4v) is 4.18. The Labute approximate surface area is 162 Å². The van der Waals surface area contributed by atoms with Gasteiger partial charge in [-0.15, -0.1) is 0 Å². The van der Waals surface area contributed by atoms with E-state index < -0.39 is 0 Å². The van der Waals surface area contributed by atoms with Gasteiger partial charge in [0.1, 0.15) is 17.3 Å². The van der Waals surface area contributed by atoms with Crippen LogP contribution >= 0.6 is 0 Å². The summed E-state index contributed by atoms with van der Waals surface area (Å²) in [6.45, 7) is 0. The maximum absolute atomic E-state index is 6.12. The van der Waals surface area contributed by atoms with Crippen LogP contribution in [0.4, 0.5) is 17.1 Å². The van der Waals surface area contributed by atoms with Crippen molar-refractivity contribution in [3.05, 3.63) is 103 Å². The average molecular weight is 362 g/mol. The van der Waals surface area contributed by atoms with Crippen LogP contribution in [0.2, 0.25) is 0 Å². The topological polar surface area (TPSA) is 28.4 Å². The summed E-state index contributed by atoms with van der Waals surface area (Å²) < 4.78 is 6.12. The molecule has 5 aromatic rings. The van der Waals surface area contributed by atoms with Gasteiger partial charge in [0, 0.05) is 16.5 Å². The van der Waals surface area contributed by atoms with E-state index in [4.69, 9.17) is 4.42 Å². The number of fused-ring (bicyclic) bond motifs is 4. The molecule has 0 fully saturated rings. The minimum Gasteiger partial charge on any atom is -0.456 e. The SMILES string of the molecule is c1ccc(N2c3ccccc3NC2c2ccc3c(c2)oc2ccccc23)cc1. The van der Waals surface area contributed by atoms with Crippen molar-refractivity contribution in [2.75, 3.05) is 10.2 Å². The highest BCUT2D eigenvalue weighted by Crippen LogP contribution is 2.46. The first-order valence-electron chi connectivity index (χ1n) is 9.49. The predicted octanol–water partition coefficient (Wildman–Crippen LogP) is 6.85. The fraction of sp³-hybridized carbons (Fsp3) is 0.0400. The van der Waals surface area contributed by atoms with Crippen LogP contribution in [0.25, 0.3) is 21.9 Å². The molecule has 1 unspecified atom stereocenters. The lowest BCUT2D eigenvalue weighted by atomic mass is 10.1. The number of nitrogens with zero attached hydrogens (tertiary/aromatic N) is 1. The number of rotatable bonds is 2. The molecular formula is C25H18N2O. The second kappa shape index (κ2) is 5.89. The van der Waals surface area contributed by atoms with Gasteiger partial charge in [-0.2, -0.15) is 0 Å². The number of hydrogen-bond donors (Lipinski definition) is 1. The Kier molecular flexibility index (Phi) is 3.23. The van der Waals surface area contributed by atoms with Crippen LogP contribution in [-0.4, -0.2) is 0 Å². The normalized spacial score (nSPS) is 15.7. The molecule has 1 aliphatic heterocycles. The lowest BCUT2D eigenvalue weighted by molar-refractivity contribution is 0.667. The highest BCUT2D eigenvalue weighted by atomic mass is 16.3. The second-order valence-electron chi connectivity index (χ2n) is 7.12. The fourth-order valence-electron chi connectivity index (χ4n) is 4.18. The van der Waals surface area contributed by atoms with Gasteiger partial charge in [0.05, 0.1) is 11.4 Å². The number of anilines is 3. The molecule has 0 aliphatic carbocycles. The first-order valence-corrected chi connectivity index (χ1v) is 9.49. The van der Waals surface area contributed by atoms with Crippen molar-refractivity contribution in [1.82, 2.24) is 0 Å². The maximum atomic E-state index is 6.12. The van der Waals surface area contributed by atoms with E-state index >= 15 is 0 Å². The van der Waals surface area contributed by atoms with Gasteiger partial charge in [-0.25, -0.2) is 0 Å². The van der Waals surface area contributed by atoms with Crippen LogP contribution in [0.1, 0.15) is 11.7 Å². The van der Waals surface area contributed by atoms with E-state index in [1.807, 2.05) is 18.2 Å². The number of nitrogens with one attached hydrogen (secondary N) is 1. The molecular weight excluding hydrogens is 344 g/mol. The smallest absolute Gasteiger partial charge is 0.135 e. The number of benzene rings is 4. The third kappa shape index (κ3) is 2.23. The van der Waals surface area contributed by atoms with Crippen LogP contribution in [0.5, 0.6) is 0 Å². The van der Waals surface area contributed by atoms with Gasteiger partial charge in [-0.1, -0.05) is 60.7 Å². The molecule has 28 heavy (non-hydrogen) atoms. The van der Waals surface area contributed by atoms with Crippen LogP contribution in [-0.2, 0) is 0 Å². The third-order valence-electron chi connectivity index (χ3n) is 5.47. The summed E-state index contributed by atoms with van der Waals surface area (Å²) in [5, 5.41) is 5.99. The van der Waals surface area contributed by atoms with Crippen molar-refractivity contribution in [1.29, 1.82) is 0 Å². The highest BCUT2D eigenvalue weighted by molar-refractivity contribution is 6.05. The van der Waals surface area contributed by atoms with Gasteiger partial charge in [-0.3, -0.25) is 0 Å². The Morgan fingerprint density at radius 2 is 1.43 bits per heavy atom. The van der Waals surface area contributed by atoms with Gasteiger partial charge in [0.2, 0.25) is 0 Å². The van der Waals surface area contributed by atoms with Crippen molar-refractivity contribution < 1.29 is 4.42 Å². The van der Waals surface area contributed by atoms with Crippen molar-refractivity contribution in [3.63, 3.8) is 0 Å². The van der Waals surface area contributed by atoms with E-state index in [0.717, 1.165) is 33.3 Å². The van der Waals surface area contributed by atoms with Crippen LogP contribution < -0.4 is 10.2 Å². The molecule has 6 rings (SSSR count). The molecule has 0 spiro atoms. The van der Waals surface area contributed by atoms with Gasteiger partial charge < -0.3 is 14.6 Å². The summed E-state index contributed by atoms with van der Waals surface area (Å²) in [6.07, 6.45) is 0.0115. The molecule has 1 N–H and O–H groups in total. The number of para-hydroxylation sites is 4.